The molecule has 0 aromatic heterocycles. The topological polar surface area (TPSA) is 66.4 Å². The van der Waals surface area contributed by atoms with E-state index in [1.807, 2.05) is 0 Å². The molecule has 0 saturated heterocycles. The highest BCUT2D eigenvalue weighted by atomic mass is 79.9. The van der Waals surface area contributed by atoms with E-state index in [-0.39, 0.29) is 16.5 Å². The molecule has 1 amide bonds. The van der Waals surface area contributed by atoms with E-state index in [2.05, 4.69) is 21.2 Å². The van der Waals surface area contributed by atoms with Gasteiger partial charge in [0.25, 0.3) is 5.91 Å². The van der Waals surface area contributed by atoms with E-state index in [9.17, 15) is 9.59 Å². The predicted octanol–water partition coefficient (Wildman–Crippen LogP) is 4.05. The Hall–Kier alpha value is -1.85. The quantitative estimate of drug-likeness (QED) is 0.874. The molecule has 0 bridgehead atoms. The Bertz CT molecular complexity index is 688. The van der Waals surface area contributed by atoms with E-state index < -0.39 is 5.97 Å². The van der Waals surface area contributed by atoms with E-state index >= 15 is 0 Å². The summed E-state index contributed by atoms with van der Waals surface area (Å²) in [5, 5.41) is 11.7. The molecule has 20 heavy (non-hydrogen) atoms. The molecule has 0 radical (unpaired) electrons. The first-order chi connectivity index (χ1) is 9.49. The van der Waals surface area contributed by atoms with Crippen LogP contribution in [0.15, 0.2) is 46.9 Å². The number of amides is 1. The van der Waals surface area contributed by atoms with Crippen molar-refractivity contribution in [3.63, 3.8) is 0 Å². The Kier molecular flexibility index (Phi) is 4.42. The third-order valence-electron chi connectivity index (χ3n) is 2.58. The van der Waals surface area contributed by atoms with Gasteiger partial charge in [-0.2, -0.15) is 0 Å². The SMILES string of the molecule is O=C(O)c1ccc(NC(=O)c2ccccc2Br)c(Cl)c1. The van der Waals surface area contributed by atoms with Crippen LogP contribution >= 0.6 is 27.5 Å². The lowest BCUT2D eigenvalue weighted by Gasteiger charge is -2.09. The van der Waals surface area contributed by atoms with Gasteiger partial charge in [0.05, 0.1) is 21.8 Å². The van der Waals surface area contributed by atoms with Crippen molar-refractivity contribution >= 4 is 45.1 Å². The maximum atomic E-state index is 12.1. The summed E-state index contributed by atoms with van der Waals surface area (Å²) >= 11 is 9.24. The van der Waals surface area contributed by atoms with Crippen LogP contribution in [-0.2, 0) is 0 Å². The molecule has 102 valence electrons. The number of hydrogen-bond acceptors (Lipinski definition) is 2. The molecule has 2 aromatic carbocycles. The van der Waals surface area contributed by atoms with Crippen LogP contribution < -0.4 is 5.32 Å². The van der Waals surface area contributed by atoms with Crippen LogP contribution in [0.3, 0.4) is 0 Å². The average molecular weight is 355 g/mol. The zero-order chi connectivity index (χ0) is 14.7. The molecule has 0 spiro atoms. The molecule has 0 fully saturated rings. The molecule has 2 aromatic rings. The second-order valence-corrected chi connectivity index (χ2v) is 5.20. The summed E-state index contributed by atoms with van der Waals surface area (Å²) in [6.07, 6.45) is 0. The monoisotopic (exact) mass is 353 g/mol. The summed E-state index contributed by atoms with van der Waals surface area (Å²) in [6.45, 7) is 0. The summed E-state index contributed by atoms with van der Waals surface area (Å²) in [7, 11) is 0. The van der Waals surface area contributed by atoms with Crippen molar-refractivity contribution < 1.29 is 14.7 Å². The van der Waals surface area contributed by atoms with Gasteiger partial charge in [-0.05, 0) is 46.3 Å². The van der Waals surface area contributed by atoms with Gasteiger partial charge < -0.3 is 10.4 Å². The highest BCUT2D eigenvalue weighted by molar-refractivity contribution is 9.10. The minimum atomic E-state index is -1.07. The molecule has 4 nitrogen and oxygen atoms in total. The summed E-state index contributed by atoms with van der Waals surface area (Å²) < 4.78 is 0.663. The van der Waals surface area contributed by atoms with Crippen LogP contribution in [0, 0.1) is 0 Å². The zero-order valence-electron chi connectivity index (χ0n) is 10.1. The average Bonchev–Trinajstić information content (AvgIpc) is 2.41. The van der Waals surface area contributed by atoms with Gasteiger partial charge in [-0.25, -0.2) is 4.79 Å². The van der Waals surface area contributed by atoms with E-state index in [0.29, 0.717) is 15.7 Å². The third kappa shape index (κ3) is 3.18. The Morgan fingerprint density at radius 3 is 2.45 bits per heavy atom. The minimum Gasteiger partial charge on any atom is -0.478 e. The maximum Gasteiger partial charge on any atom is 0.335 e. The highest BCUT2D eigenvalue weighted by Crippen LogP contribution is 2.25. The second-order valence-electron chi connectivity index (χ2n) is 3.93. The molecule has 2 rings (SSSR count). The smallest absolute Gasteiger partial charge is 0.335 e. The van der Waals surface area contributed by atoms with Crippen molar-refractivity contribution in [3.05, 3.63) is 63.1 Å². The van der Waals surface area contributed by atoms with Crippen LogP contribution in [0.5, 0.6) is 0 Å². The van der Waals surface area contributed by atoms with Crippen molar-refractivity contribution in [1.82, 2.24) is 0 Å². The van der Waals surface area contributed by atoms with Gasteiger partial charge in [0, 0.05) is 4.47 Å². The molecular formula is C14H9BrClNO3. The normalized spacial score (nSPS) is 10.1. The molecule has 0 saturated carbocycles. The fourth-order valence-electron chi connectivity index (χ4n) is 1.58. The number of rotatable bonds is 3. The Morgan fingerprint density at radius 1 is 1.15 bits per heavy atom. The predicted molar refractivity (Wildman–Crippen MR) is 80.5 cm³/mol. The number of halogens is 2. The lowest BCUT2D eigenvalue weighted by Crippen LogP contribution is -2.13. The number of aromatic carboxylic acids is 1. The highest BCUT2D eigenvalue weighted by Gasteiger charge is 2.12. The first kappa shape index (κ1) is 14.6. The standard InChI is InChI=1S/C14H9BrClNO3/c15-10-4-2-1-3-9(10)13(18)17-12-6-5-8(14(19)20)7-11(12)16/h1-7H,(H,17,18)(H,19,20). The van der Waals surface area contributed by atoms with Crippen molar-refractivity contribution in [3.8, 4) is 0 Å². The fourth-order valence-corrected chi connectivity index (χ4v) is 2.28. The molecule has 2 N–H and O–H groups in total. The lowest BCUT2D eigenvalue weighted by atomic mass is 10.2. The Morgan fingerprint density at radius 2 is 1.85 bits per heavy atom. The van der Waals surface area contributed by atoms with Crippen molar-refractivity contribution in [1.29, 1.82) is 0 Å². The summed E-state index contributed by atoms with van der Waals surface area (Å²) in [5.74, 6) is -1.40. The van der Waals surface area contributed by atoms with E-state index in [1.54, 1.807) is 24.3 Å². The number of carboxylic acid groups (broad SMARTS) is 1. The van der Waals surface area contributed by atoms with E-state index in [0.717, 1.165) is 0 Å². The summed E-state index contributed by atoms with van der Waals surface area (Å²) in [6, 6.07) is 11.1. The van der Waals surface area contributed by atoms with Crippen LogP contribution in [0.2, 0.25) is 5.02 Å². The molecule has 0 aliphatic heterocycles. The molecule has 0 unspecified atom stereocenters. The maximum absolute atomic E-state index is 12.1. The van der Waals surface area contributed by atoms with E-state index in [4.69, 9.17) is 16.7 Å². The summed E-state index contributed by atoms with van der Waals surface area (Å²) in [5.41, 5.74) is 0.886. The minimum absolute atomic E-state index is 0.0638. The molecular weight excluding hydrogens is 346 g/mol. The number of carboxylic acids is 1. The van der Waals surface area contributed by atoms with Gasteiger partial charge in [-0.15, -0.1) is 0 Å². The fraction of sp³-hybridized carbons (Fsp3) is 0. The first-order valence-electron chi connectivity index (χ1n) is 5.58. The first-order valence-corrected chi connectivity index (χ1v) is 6.75. The van der Waals surface area contributed by atoms with Crippen LogP contribution in [-0.4, -0.2) is 17.0 Å². The van der Waals surface area contributed by atoms with Gasteiger partial charge in [0.15, 0.2) is 0 Å². The lowest BCUT2D eigenvalue weighted by molar-refractivity contribution is 0.0696. The van der Waals surface area contributed by atoms with Crippen LogP contribution in [0.25, 0.3) is 0 Å². The number of carbonyl (C=O) groups excluding carboxylic acids is 1. The van der Waals surface area contributed by atoms with Gasteiger partial charge in [0.2, 0.25) is 0 Å². The largest absolute Gasteiger partial charge is 0.478 e. The van der Waals surface area contributed by atoms with Crippen molar-refractivity contribution in [2.75, 3.05) is 5.32 Å². The Labute approximate surface area is 128 Å². The summed E-state index contributed by atoms with van der Waals surface area (Å²) in [4.78, 5) is 22.9. The second kappa shape index (κ2) is 6.07. The third-order valence-corrected chi connectivity index (χ3v) is 3.59. The van der Waals surface area contributed by atoms with Crippen molar-refractivity contribution in [2.45, 2.75) is 0 Å². The van der Waals surface area contributed by atoms with Gasteiger partial charge in [-0.1, -0.05) is 23.7 Å². The van der Waals surface area contributed by atoms with Gasteiger partial charge in [0.1, 0.15) is 0 Å². The molecule has 6 heteroatoms. The number of carbonyl (C=O) groups is 2. The number of nitrogens with one attached hydrogen (secondary N) is 1. The number of anilines is 1. The molecule has 0 aliphatic carbocycles. The van der Waals surface area contributed by atoms with Crippen LogP contribution in [0.1, 0.15) is 20.7 Å². The molecule has 0 aliphatic rings. The van der Waals surface area contributed by atoms with Crippen LogP contribution in [0.4, 0.5) is 5.69 Å². The van der Waals surface area contributed by atoms with Gasteiger partial charge in [-0.3, -0.25) is 4.79 Å². The van der Waals surface area contributed by atoms with E-state index in [1.165, 1.54) is 18.2 Å². The van der Waals surface area contributed by atoms with Gasteiger partial charge >= 0.3 is 5.97 Å². The number of hydrogen-bond donors (Lipinski definition) is 2. The number of benzene rings is 2. The Balaban J connectivity index is 2.25. The zero-order valence-corrected chi connectivity index (χ0v) is 12.4. The molecule has 0 atom stereocenters. The molecule has 0 heterocycles. The van der Waals surface area contributed by atoms with Crippen molar-refractivity contribution in [2.24, 2.45) is 0 Å².